The van der Waals surface area contributed by atoms with Crippen molar-refractivity contribution in [1.82, 2.24) is 14.9 Å². The molecule has 3 heteroatoms. The number of nitrogens with one attached hydrogen (secondary N) is 1. The Morgan fingerprint density at radius 2 is 1.96 bits per heavy atom. The van der Waals surface area contributed by atoms with Crippen LogP contribution >= 0.6 is 0 Å². The minimum atomic E-state index is 0.953. The first-order valence-corrected chi connectivity index (χ1v) is 10.1. The summed E-state index contributed by atoms with van der Waals surface area (Å²) in [5.74, 6) is 0. The van der Waals surface area contributed by atoms with E-state index in [4.69, 9.17) is 0 Å². The fraction of sp³-hybridized carbons (Fsp3) is 0.522. The molecule has 0 atom stereocenters. The molecule has 1 aromatic heterocycles. The molecule has 142 valence electrons. The van der Waals surface area contributed by atoms with E-state index < -0.39 is 0 Å². The maximum absolute atomic E-state index is 4.49. The molecular weight excluding hydrogens is 318 g/mol. The van der Waals surface area contributed by atoms with E-state index >= 15 is 0 Å². The number of rotatable bonds is 12. The number of benzene rings is 1. The van der Waals surface area contributed by atoms with Crippen molar-refractivity contribution >= 4 is 6.08 Å². The monoisotopic (exact) mass is 353 g/mol. The lowest BCUT2D eigenvalue weighted by atomic mass is 9.99. The van der Waals surface area contributed by atoms with Crippen LogP contribution in [-0.4, -0.2) is 28.0 Å². The Kier molecular flexibility index (Phi) is 8.63. The number of aromatic amines is 1. The van der Waals surface area contributed by atoms with Gasteiger partial charge in [0.1, 0.15) is 0 Å². The lowest BCUT2D eigenvalue weighted by Crippen LogP contribution is -2.26. The van der Waals surface area contributed by atoms with Crippen LogP contribution in [0.3, 0.4) is 0 Å². The van der Waals surface area contributed by atoms with Gasteiger partial charge in [-0.15, -0.1) is 0 Å². The lowest BCUT2D eigenvalue weighted by molar-refractivity contribution is 0.253. The zero-order valence-electron chi connectivity index (χ0n) is 16.9. The summed E-state index contributed by atoms with van der Waals surface area (Å²) >= 11 is 0. The summed E-state index contributed by atoms with van der Waals surface area (Å²) in [6.07, 6.45) is 11.0. The van der Waals surface area contributed by atoms with Crippen molar-refractivity contribution in [1.29, 1.82) is 0 Å². The van der Waals surface area contributed by atoms with Gasteiger partial charge >= 0.3 is 0 Å². The van der Waals surface area contributed by atoms with Gasteiger partial charge in [0.25, 0.3) is 0 Å². The van der Waals surface area contributed by atoms with E-state index in [1.54, 1.807) is 0 Å². The number of hydrogen-bond acceptors (Lipinski definition) is 2. The fourth-order valence-corrected chi connectivity index (χ4v) is 3.44. The molecule has 0 amide bonds. The van der Waals surface area contributed by atoms with Crippen LogP contribution in [0.15, 0.2) is 31.1 Å². The topological polar surface area (TPSA) is 31.9 Å². The van der Waals surface area contributed by atoms with Gasteiger partial charge in [0.05, 0.1) is 12.0 Å². The van der Waals surface area contributed by atoms with E-state index in [-0.39, 0.29) is 0 Å². The van der Waals surface area contributed by atoms with Crippen LogP contribution in [0.5, 0.6) is 0 Å². The number of aryl methyl sites for hydroxylation is 3. The van der Waals surface area contributed by atoms with Crippen LogP contribution in [0.2, 0.25) is 0 Å². The fourth-order valence-electron chi connectivity index (χ4n) is 3.44. The lowest BCUT2D eigenvalue weighted by Gasteiger charge is -2.22. The number of nitrogens with zero attached hydrogens (tertiary/aromatic N) is 2. The Labute approximate surface area is 159 Å². The SMILES string of the molecule is C=Cc1ccc(CCCN(CCCCC)Cc2nc[nH]c2C)cc1CC. The van der Waals surface area contributed by atoms with Crippen molar-refractivity contribution in [2.45, 2.75) is 65.8 Å². The van der Waals surface area contributed by atoms with Gasteiger partial charge in [-0.3, -0.25) is 4.90 Å². The van der Waals surface area contributed by atoms with Gasteiger partial charge in [0, 0.05) is 12.2 Å². The van der Waals surface area contributed by atoms with E-state index in [0.717, 1.165) is 32.5 Å². The second kappa shape index (κ2) is 11.0. The van der Waals surface area contributed by atoms with Gasteiger partial charge in [0.15, 0.2) is 0 Å². The first-order chi connectivity index (χ1) is 12.7. The molecule has 0 fully saturated rings. The van der Waals surface area contributed by atoms with E-state index in [1.807, 2.05) is 12.4 Å². The number of unbranched alkanes of at least 4 members (excludes halogenated alkanes) is 2. The standard InChI is InChI=1S/C23H35N3/c1-5-8-9-14-26(17-23-19(4)24-18-25-23)15-10-11-20-12-13-21(6-2)22(7-3)16-20/h6,12-13,16,18H,2,5,7-11,14-15,17H2,1,3-4H3,(H,24,25). The summed E-state index contributed by atoms with van der Waals surface area (Å²) in [6, 6.07) is 6.83. The van der Waals surface area contributed by atoms with Crippen molar-refractivity contribution < 1.29 is 0 Å². The highest BCUT2D eigenvalue weighted by atomic mass is 15.1. The van der Waals surface area contributed by atoms with Crippen LogP contribution in [-0.2, 0) is 19.4 Å². The molecule has 1 aromatic carbocycles. The Bertz CT molecular complexity index is 672. The first-order valence-electron chi connectivity index (χ1n) is 10.1. The molecule has 3 nitrogen and oxygen atoms in total. The quantitative estimate of drug-likeness (QED) is 0.507. The zero-order valence-corrected chi connectivity index (χ0v) is 16.9. The highest BCUT2D eigenvalue weighted by Crippen LogP contribution is 2.16. The minimum absolute atomic E-state index is 0.953. The normalized spacial score (nSPS) is 11.2. The largest absolute Gasteiger partial charge is 0.348 e. The highest BCUT2D eigenvalue weighted by Gasteiger charge is 2.10. The Morgan fingerprint density at radius 1 is 1.15 bits per heavy atom. The summed E-state index contributed by atoms with van der Waals surface area (Å²) in [6.45, 7) is 13.8. The maximum atomic E-state index is 4.49. The molecule has 1 N–H and O–H groups in total. The van der Waals surface area contributed by atoms with E-state index in [0.29, 0.717) is 0 Å². The van der Waals surface area contributed by atoms with Gasteiger partial charge in [-0.05, 0) is 62.4 Å². The zero-order chi connectivity index (χ0) is 18.8. The minimum Gasteiger partial charge on any atom is -0.348 e. The molecule has 1 heterocycles. The van der Waals surface area contributed by atoms with Crippen LogP contribution in [0.1, 0.15) is 67.6 Å². The molecule has 2 rings (SSSR count). The second-order valence-corrected chi connectivity index (χ2v) is 7.15. The van der Waals surface area contributed by atoms with Crippen LogP contribution in [0.25, 0.3) is 6.08 Å². The molecule has 0 saturated carbocycles. The van der Waals surface area contributed by atoms with E-state index in [9.17, 15) is 0 Å². The summed E-state index contributed by atoms with van der Waals surface area (Å²) in [7, 11) is 0. The third kappa shape index (κ3) is 6.14. The molecule has 0 radical (unpaired) electrons. The predicted octanol–water partition coefficient (Wildman–Crippen LogP) is 5.55. The van der Waals surface area contributed by atoms with Gasteiger partial charge in [0.2, 0.25) is 0 Å². The molecule has 0 aliphatic carbocycles. The summed E-state index contributed by atoms with van der Waals surface area (Å²) in [5, 5.41) is 0. The molecular formula is C23H35N3. The third-order valence-electron chi connectivity index (χ3n) is 5.13. The maximum Gasteiger partial charge on any atom is 0.0925 e. The summed E-state index contributed by atoms with van der Waals surface area (Å²) in [5.41, 5.74) is 6.50. The smallest absolute Gasteiger partial charge is 0.0925 e. The van der Waals surface area contributed by atoms with Crippen molar-refractivity contribution in [3.05, 3.63) is 59.2 Å². The van der Waals surface area contributed by atoms with Gasteiger partial charge < -0.3 is 4.98 Å². The van der Waals surface area contributed by atoms with Crippen molar-refractivity contribution in [3.63, 3.8) is 0 Å². The van der Waals surface area contributed by atoms with Gasteiger partial charge in [-0.1, -0.05) is 57.5 Å². The summed E-state index contributed by atoms with van der Waals surface area (Å²) < 4.78 is 0. The van der Waals surface area contributed by atoms with Crippen LogP contribution < -0.4 is 0 Å². The number of H-pyrrole nitrogens is 1. The van der Waals surface area contributed by atoms with Crippen LogP contribution in [0, 0.1) is 6.92 Å². The molecule has 0 spiro atoms. The average Bonchev–Trinajstić information content (AvgIpc) is 3.06. The van der Waals surface area contributed by atoms with Gasteiger partial charge in [-0.2, -0.15) is 0 Å². The summed E-state index contributed by atoms with van der Waals surface area (Å²) in [4.78, 5) is 10.3. The molecule has 0 aliphatic heterocycles. The van der Waals surface area contributed by atoms with Crippen molar-refractivity contribution in [2.24, 2.45) is 0 Å². The van der Waals surface area contributed by atoms with E-state index in [2.05, 4.69) is 60.4 Å². The number of hydrogen-bond donors (Lipinski definition) is 1. The Hall–Kier alpha value is -1.87. The molecule has 26 heavy (non-hydrogen) atoms. The van der Waals surface area contributed by atoms with Crippen LogP contribution in [0.4, 0.5) is 0 Å². The molecule has 0 bridgehead atoms. The Morgan fingerprint density at radius 3 is 2.62 bits per heavy atom. The number of aromatic nitrogens is 2. The first kappa shape index (κ1) is 20.4. The molecule has 0 aliphatic rings. The molecule has 0 unspecified atom stereocenters. The Balaban J connectivity index is 1.91. The predicted molar refractivity (Wildman–Crippen MR) is 112 cm³/mol. The molecule has 0 saturated heterocycles. The van der Waals surface area contributed by atoms with Crippen molar-refractivity contribution in [3.8, 4) is 0 Å². The average molecular weight is 354 g/mol. The highest BCUT2D eigenvalue weighted by molar-refractivity contribution is 5.52. The van der Waals surface area contributed by atoms with E-state index in [1.165, 1.54) is 53.8 Å². The number of imidazole rings is 1. The van der Waals surface area contributed by atoms with Gasteiger partial charge in [-0.25, -0.2) is 4.98 Å². The second-order valence-electron chi connectivity index (χ2n) is 7.15. The third-order valence-corrected chi connectivity index (χ3v) is 5.13. The van der Waals surface area contributed by atoms with Crippen molar-refractivity contribution in [2.75, 3.05) is 13.1 Å². The molecule has 2 aromatic rings.